The van der Waals surface area contributed by atoms with E-state index in [0.29, 0.717) is 6.92 Å². The number of alkyl halides is 6. The molecule has 0 aromatic carbocycles. The second-order valence-corrected chi connectivity index (χ2v) is 2.77. The van der Waals surface area contributed by atoms with Crippen molar-refractivity contribution in [3.63, 3.8) is 0 Å². The Kier molecular flexibility index (Phi) is 3.45. The molecule has 2 N–H and O–H groups in total. The van der Waals surface area contributed by atoms with E-state index in [4.69, 9.17) is 5.11 Å². The summed E-state index contributed by atoms with van der Waals surface area (Å²) in [7, 11) is 0.896. The molecule has 0 rings (SSSR count). The highest BCUT2D eigenvalue weighted by molar-refractivity contribution is 5.00. The maximum absolute atomic E-state index is 12.0. The summed E-state index contributed by atoms with van der Waals surface area (Å²) < 4.78 is 72.2. The Morgan fingerprint density at radius 3 is 1.36 bits per heavy atom. The largest absolute Gasteiger partial charge is 0.427 e. The Labute approximate surface area is 75.9 Å². The lowest BCUT2D eigenvalue weighted by molar-refractivity contribution is -0.374. The fourth-order valence-electron chi connectivity index (χ4n) is 0.861. The van der Waals surface area contributed by atoms with Gasteiger partial charge in [-0.1, -0.05) is 0 Å². The van der Waals surface area contributed by atoms with E-state index in [1.54, 1.807) is 5.32 Å². The lowest BCUT2D eigenvalue weighted by Crippen LogP contribution is -2.66. The van der Waals surface area contributed by atoms with Crippen molar-refractivity contribution in [3.8, 4) is 0 Å². The average molecular weight is 225 g/mol. The summed E-state index contributed by atoms with van der Waals surface area (Å²) in [6, 6.07) is -2.18. The van der Waals surface area contributed by atoms with Gasteiger partial charge in [0.15, 0.2) is 0 Å². The second kappa shape index (κ2) is 3.58. The lowest BCUT2D eigenvalue weighted by Gasteiger charge is -2.36. The molecule has 0 radical (unpaired) electrons. The first kappa shape index (κ1) is 13.5. The quantitative estimate of drug-likeness (QED) is 0.697. The minimum Gasteiger partial charge on any atom is -0.372 e. The summed E-state index contributed by atoms with van der Waals surface area (Å²) >= 11 is 0. The number of nitrogens with one attached hydrogen (secondary N) is 1. The minimum atomic E-state index is -5.77. The van der Waals surface area contributed by atoms with Crippen molar-refractivity contribution < 1.29 is 31.4 Å². The van der Waals surface area contributed by atoms with Crippen LogP contribution in [0, 0.1) is 0 Å². The molecule has 0 amide bonds. The van der Waals surface area contributed by atoms with Crippen LogP contribution < -0.4 is 5.32 Å². The summed E-state index contributed by atoms with van der Waals surface area (Å²) in [6.45, 7) is 0.598. The predicted octanol–water partition coefficient (Wildman–Crippen LogP) is 1.45. The highest BCUT2D eigenvalue weighted by Crippen LogP contribution is 2.44. The molecule has 2 nitrogen and oxygen atoms in total. The maximum Gasteiger partial charge on any atom is 0.427 e. The fraction of sp³-hybridized carbons (Fsp3) is 1.00. The molecule has 0 aliphatic heterocycles. The highest BCUT2D eigenvalue weighted by Gasteiger charge is 2.72. The smallest absolute Gasteiger partial charge is 0.372 e. The van der Waals surface area contributed by atoms with Crippen LogP contribution in [0.2, 0.25) is 0 Å². The summed E-state index contributed by atoms with van der Waals surface area (Å²) in [6.07, 6.45) is -11.5. The van der Waals surface area contributed by atoms with Crippen LogP contribution in [0.25, 0.3) is 0 Å². The van der Waals surface area contributed by atoms with Crippen LogP contribution in [-0.2, 0) is 0 Å². The molecular formula is C6H9F6NO. The third-order valence-corrected chi connectivity index (χ3v) is 1.92. The van der Waals surface area contributed by atoms with Gasteiger partial charge in [0, 0.05) is 0 Å². The third kappa shape index (κ3) is 1.95. The van der Waals surface area contributed by atoms with Crippen molar-refractivity contribution in [2.75, 3.05) is 7.05 Å². The molecule has 0 aromatic rings. The van der Waals surface area contributed by atoms with Crippen molar-refractivity contribution in [2.24, 2.45) is 0 Å². The SMILES string of the molecule is CN[C@@H](C)C(O)(C(F)(F)F)C(F)(F)F. The van der Waals surface area contributed by atoms with E-state index in [0.717, 1.165) is 7.05 Å². The van der Waals surface area contributed by atoms with E-state index < -0.39 is 24.0 Å². The summed E-state index contributed by atoms with van der Waals surface area (Å²) in [5.41, 5.74) is -4.73. The van der Waals surface area contributed by atoms with Crippen LogP contribution in [0.5, 0.6) is 0 Å². The number of likely N-dealkylation sites (N-methyl/N-ethyl adjacent to an activating group) is 1. The van der Waals surface area contributed by atoms with Gasteiger partial charge in [0.2, 0.25) is 0 Å². The number of hydrogen-bond donors (Lipinski definition) is 2. The van der Waals surface area contributed by atoms with Crippen molar-refractivity contribution in [2.45, 2.75) is 30.9 Å². The van der Waals surface area contributed by atoms with E-state index in [-0.39, 0.29) is 0 Å². The Morgan fingerprint density at radius 1 is 1.00 bits per heavy atom. The zero-order chi connectivity index (χ0) is 11.8. The zero-order valence-electron chi connectivity index (χ0n) is 7.29. The van der Waals surface area contributed by atoms with Crippen molar-refractivity contribution >= 4 is 0 Å². The molecule has 86 valence electrons. The van der Waals surface area contributed by atoms with Gasteiger partial charge in [-0.05, 0) is 14.0 Å². The van der Waals surface area contributed by atoms with Crippen LogP contribution in [0.1, 0.15) is 6.92 Å². The molecular weight excluding hydrogens is 216 g/mol. The first-order valence-electron chi connectivity index (χ1n) is 3.51. The number of rotatable bonds is 2. The highest BCUT2D eigenvalue weighted by atomic mass is 19.4. The van der Waals surface area contributed by atoms with Gasteiger partial charge in [-0.3, -0.25) is 0 Å². The number of hydrogen-bond acceptors (Lipinski definition) is 2. The van der Waals surface area contributed by atoms with E-state index in [2.05, 4.69) is 0 Å². The van der Waals surface area contributed by atoms with Crippen molar-refractivity contribution in [1.29, 1.82) is 0 Å². The monoisotopic (exact) mass is 225 g/mol. The van der Waals surface area contributed by atoms with Crippen molar-refractivity contribution in [1.82, 2.24) is 5.32 Å². The molecule has 0 unspecified atom stereocenters. The summed E-state index contributed by atoms with van der Waals surface area (Å²) in [4.78, 5) is 0. The molecule has 0 saturated heterocycles. The molecule has 1 atom stereocenters. The van der Waals surface area contributed by atoms with E-state index in [1.165, 1.54) is 0 Å². The maximum atomic E-state index is 12.0. The van der Waals surface area contributed by atoms with Crippen LogP contribution >= 0.6 is 0 Å². The van der Waals surface area contributed by atoms with Gasteiger partial charge >= 0.3 is 12.4 Å². The van der Waals surface area contributed by atoms with Gasteiger partial charge in [-0.15, -0.1) is 0 Å². The first-order valence-corrected chi connectivity index (χ1v) is 3.51. The molecule has 0 spiro atoms. The molecule has 0 aliphatic carbocycles. The van der Waals surface area contributed by atoms with Gasteiger partial charge in [-0.25, -0.2) is 0 Å². The Bertz CT molecular complexity index is 183. The Balaban J connectivity index is 5.29. The zero-order valence-corrected chi connectivity index (χ0v) is 7.29. The van der Waals surface area contributed by atoms with Gasteiger partial charge in [-0.2, -0.15) is 26.3 Å². The normalized spacial score (nSPS) is 16.9. The second-order valence-electron chi connectivity index (χ2n) is 2.77. The van der Waals surface area contributed by atoms with E-state index in [1.807, 2.05) is 0 Å². The molecule has 0 fully saturated rings. The van der Waals surface area contributed by atoms with Crippen LogP contribution in [0.15, 0.2) is 0 Å². The Morgan fingerprint density at radius 2 is 1.29 bits per heavy atom. The van der Waals surface area contributed by atoms with Crippen LogP contribution in [0.4, 0.5) is 26.3 Å². The first-order chi connectivity index (χ1) is 5.98. The molecule has 8 heteroatoms. The average Bonchev–Trinajstić information content (AvgIpc) is 1.97. The fourth-order valence-corrected chi connectivity index (χ4v) is 0.861. The van der Waals surface area contributed by atoms with Gasteiger partial charge in [0.1, 0.15) is 0 Å². The standard InChI is InChI=1S/C6H9F6NO/c1-3(13-2)4(14,5(7,8)9)6(10,11)12/h3,13-14H,1-2H3/t3-/m0/s1. The molecule has 14 heavy (non-hydrogen) atoms. The number of aliphatic hydroxyl groups is 1. The molecule has 0 heterocycles. The molecule has 0 bridgehead atoms. The van der Waals surface area contributed by atoms with Gasteiger partial charge in [0.25, 0.3) is 5.60 Å². The number of halogens is 6. The van der Waals surface area contributed by atoms with Gasteiger partial charge < -0.3 is 10.4 Å². The van der Waals surface area contributed by atoms with Gasteiger partial charge in [0.05, 0.1) is 6.04 Å². The Hall–Kier alpha value is -0.500. The summed E-state index contributed by atoms with van der Waals surface area (Å²) in [5.74, 6) is 0. The summed E-state index contributed by atoms with van der Waals surface area (Å²) in [5, 5.41) is 10.4. The minimum absolute atomic E-state index is 0.598. The van der Waals surface area contributed by atoms with Crippen LogP contribution in [-0.4, -0.2) is 36.1 Å². The third-order valence-electron chi connectivity index (χ3n) is 1.92. The van der Waals surface area contributed by atoms with Crippen molar-refractivity contribution in [3.05, 3.63) is 0 Å². The lowest BCUT2D eigenvalue weighted by atomic mass is 9.94. The topological polar surface area (TPSA) is 32.3 Å². The molecule has 0 aromatic heterocycles. The van der Waals surface area contributed by atoms with E-state index in [9.17, 15) is 26.3 Å². The van der Waals surface area contributed by atoms with E-state index >= 15 is 0 Å². The van der Waals surface area contributed by atoms with Crippen LogP contribution in [0.3, 0.4) is 0 Å². The molecule has 0 aliphatic rings. The molecule has 0 saturated carbocycles. The predicted molar refractivity (Wildman–Crippen MR) is 35.6 cm³/mol.